The van der Waals surface area contributed by atoms with E-state index in [2.05, 4.69) is 29.5 Å². The number of hydrogen-bond acceptors (Lipinski definition) is 2. The van der Waals surface area contributed by atoms with Gasteiger partial charge in [-0.3, -0.25) is 4.68 Å². The van der Waals surface area contributed by atoms with E-state index in [9.17, 15) is 4.79 Å². The second-order valence-corrected chi connectivity index (χ2v) is 5.08. The van der Waals surface area contributed by atoms with Gasteiger partial charge in [-0.1, -0.05) is 37.3 Å². The van der Waals surface area contributed by atoms with Crippen molar-refractivity contribution >= 4 is 6.09 Å². The van der Waals surface area contributed by atoms with E-state index in [-0.39, 0.29) is 5.41 Å². The van der Waals surface area contributed by atoms with E-state index in [1.54, 1.807) is 4.68 Å². The van der Waals surface area contributed by atoms with Crippen LogP contribution < -0.4 is 5.32 Å². The van der Waals surface area contributed by atoms with Crippen molar-refractivity contribution in [3.63, 3.8) is 0 Å². The molecule has 1 heterocycles. The number of nitrogens with one attached hydrogen (secondary N) is 1. The molecule has 2 aromatic rings. The normalized spacial score (nSPS) is 13.7. The average Bonchev–Trinajstić information content (AvgIpc) is 2.86. The summed E-state index contributed by atoms with van der Waals surface area (Å²) in [5.41, 5.74) is 1.97. The molecule has 0 radical (unpaired) electrons. The van der Waals surface area contributed by atoms with Crippen LogP contribution in [0.4, 0.5) is 4.79 Å². The number of benzene rings is 1. The standard InChI is InChI=1S/C15H19N3O2/c1-15(8-9-16-14(19)20,12-6-4-3-5-7-12)13-10-17-18(2)11-13/h3-7,10-11,16H,8-9H2,1-2H3,(H,19,20). The third-order valence-corrected chi connectivity index (χ3v) is 3.65. The minimum absolute atomic E-state index is 0.266. The number of nitrogens with zero attached hydrogens (tertiary/aromatic N) is 2. The minimum atomic E-state index is -0.994. The topological polar surface area (TPSA) is 67.2 Å². The summed E-state index contributed by atoms with van der Waals surface area (Å²) in [6, 6.07) is 10.1. The van der Waals surface area contributed by atoms with Crippen molar-refractivity contribution in [1.82, 2.24) is 15.1 Å². The number of amides is 1. The van der Waals surface area contributed by atoms with E-state index >= 15 is 0 Å². The molecule has 1 aromatic carbocycles. The summed E-state index contributed by atoms with van der Waals surface area (Å²) in [6.45, 7) is 2.51. The van der Waals surface area contributed by atoms with Gasteiger partial charge in [0.15, 0.2) is 0 Å². The molecule has 1 amide bonds. The molecule has 106 valence electrons. The molecule has 20 heavy (non-hydrogen) atoms. The van der Waals surface area contributed by atoms with Gasteiger partial charge in [-0.05, 0) is 12.0 Å². The van der Waals surface area contributed by atoms with Crippen LogP contribution in [0.15, 0.2) is 42.7 Å². The maximum absolute atomic E-state index is 10.6. The van der Waals surface area contributed by atoms with E-state index in [1.165, 1.54) is 0 Å². The second-order valence-electron chi connectivity index (χ2n) is 5.08. The Kier molecular flexibility index (Phi) is 4.08. The Morgan fingerprint density at radius 2 is 2.05 bits per heavy atom. The van der Waals surface area contributed by atoms with Crippen LogP contribution in [0, 0.1) is 0 Å². The molecular formula is C15H19N3O2. The van der Waals surface area contributed by atoms with Gasteiger partial charge in [-0.15, -0.1) is 0 Å². The van der Waals surface area contributed by atoms with Crippen molar-refractivity contribution in [2.24, 2.45) is 7.05 Å². The molecular weight excluding hydrogens is 254 g/mol. The van der Waals surface area contributed by atoms with Gasteiger partial charge in [-0.25, -0.2) is 4.79 Å². The molecule has 0 saturated heterocycles. The zero-order valence-corrected chi connectivity index (χ0v) is 11.7. The van der Waals surface area contributed by atoms with Crippen molar-refractivity contribution in [3.05, 3.63) is 53.9 Å². The fraction of sp³-hybridized carbons (Fsp3) is 0.333. The highest BCUT2D eigenvalue weighted by molar-refractivity contribution is 5.64. The first-order chi connectivity index (χ1) is 9.52. The van der Waals surface area contributed by atoms with Crippen LogP contribution in [0.3, 0.4) is 0 Å². The zero-order valence-electron chi connectivity index (χ0n) is 11.7. The number of carbonyl (C=O) groups is 1. The first-order valence-corrected chi connectivity index (χ1v) is 6.54. The number of rotatable bonds is 5. The van der Waals surface area contributed by atoms with Crippen LogP contribution >= 0.6 is 0 Å². The Hall–Kier alpha value is -2.30. The lowest BCUT2D eigenvalue weighted by molar-refractivity contribution is 0.193. The smallest absolute Gasteiger partial charge is 0.404 e. The van der Waals surface area contributed by atoms with Gasteiger partial charge in [-0.2, -0.15) is 5.10 Å². The summed E-state index contributed by atoms with van der Waals surface area (Å²) in [5, 5.41) is 15.4. The summed E-state index contributed by atoms with van der Waals surface area (Å²) in [5.74, 6) is 0. The molecule has 2 N–H and O–H groups in total. The SMILES string of the molecule is Cn1cc(C(C)(CCNC(=O)O)c2ccccc2)cn1. The Labute approximate surface area is 118 Å². The number of aryl methyl sites for hydroxylation is 1. The minimum Gasteiger partial charge on any atom is -0.465 e. The second kappa shape index (κ2) is 5.77. The van der Waals surface area contributed by atoms with Gasteiger partial charge in [0.2, 0.25) is 0 Å². The van der Waals surface area contributed by atoms with Crippen LogP contribution in [0.1, 0.15) is 24.5 Å². The quantitative estimate of drug-likeness (QED) is 0.879. The summed E-state index contributed by atoms with van der Waals surface area (Å²) < 4.78 is 1.77. The first kappa shape index (κ1) is 14.1. The highest BCUT2D eigenvalue weighted by Crippen LogP contribution is 2.34. The molecule has 1 atom stereocenters. The van der Waals surface area contributed by atoms with Crippen LogP contribution in [-0.2, 0) is 12.5 Å². The van der Waals surface area contributed by atoms with Gasteiger partial charge in [0.25, 0.3) is 0 Å². The maximum Gasteiger partial charge on any atom is 0.404 e. The molecule has 0 spiro atoms. The van der Waals surface area contributed by atoms with Crippen molar-refractivity contribution in [2.45, 2.75) is 18.8 Å². The number of aromatic nitrogens is 2. The lowest BCUT2D eigenvalue weighted by Gasteiger charge is -2.29. The van der Waals surface area contributed by atoms with Gasteiger partial charge in [0, 0.05) is 30.8 Å². The van der Waals surface area contributed by atoms with Crippen molar-refractivity contribution < 1.29 is 9.90 Å². The molecule has 5 heteroatoms. The first-order valence-electron chi connectivity index (χ1n) is 6.54. The Bertz CT molecular complexity index is 580. The van der Waals surface area contributed by atoms with E-state index < -0.39 is 6.09 Å². The summed E-state index contributed by atoms with van der Waals surface area (Å²) in [4.78, 5) is 10.6. The zero-order chi connectivity index (χ0) is 14.6. The molecule has 0 aliphatic heterocycles. The third-order valence-electron chi connectivity index (χ3n) is 3.65. The largest absolute Gasteiger partial charge is 0.465 e. The van der Waals surface area contributed by atoms with Gasteiger partial charge in [0.05, 0.1) is 6.20 Å². The van der Waals surface area contributed by atoms with E-state index in [0.29, 0.717) is 13.0 Å². The predicted molar refractivity (Wildman–Crippen MR) is 76.7 cm³/mol. The highest BCUT2D eigenvalue weighted by Gasteiger charge is 2.29. The molecule has 2 rings (SSSR count). The summed E-state index contributed by atoms with van der Waals surface area (Å²) in [6.07, 6.45) is 3.50. The van der Waals surface area contributed by atoms with Crippen LogP contribution in [0.5, 0.6) is 0 Å². The molecule has 0 saturated carbocycles. The maximum atomic E-state index is 10.6. The number of hydrogen-bond donors (Lipinski definition) is 2. The molecule has 0 aliphatic carbocycles. The number of carboxylic acid groups (broad SMARTS) is 1. The summed E-state index contributed by atoms with van der Waals surface area (Å²) >= 11 is 0. The van der Waals surface area contributed by atoms with E-state index in [0.717, 1.165) is 11.1 Å². The fourth-order valence-electron chi connectivity index (χ4n) is 2.39. The Morgan fingerprint density at radius 1 is 1.35 bits per heavy atom. The van der Waals surface area contributed by atoms with Crippen molar-refractivity contribution in [2.75, 3.05) is 6.54 Å². The Balaban J connectivity index is 2.30. The van der Waals surface area contributed by atoms with E-state index in [4.69, 9.17) is 5.11 Å². The van der Waals surface area contributed by atoms with Crippen molar-refractivity contribution in [3.8, 4) is 0 Å². The molecule has 1 aromatic heterocycles. The van der Waals surface area contributed by atoms with Crippen LogP contribution in [-0.4, -0.2) is 27.5 Å². The fourth-order valence-corrected chi connectivity index (χ4v) is 2.39. The van der Waals surface area contributed by atoms with E-state index in [1.807, 2.05) is 37.6 Å². The van der Waals surface area contributed by atoms with Gasteiger partial charge in [0.1, 0.15) is 0 Å². The molecule has 5 nitrogen and oxygen atoms in total. The molecule has 1 unspecified atom stereocenters. The summed E-state index contributed by atoms with van der Waals surface area (Å²) in [7, 11) is 1.88. The molecule has 0 bridgehead atoms. The Morgan fingerprint density at radius 3 is 2.60 bits per heavy atom. The lowest BCUT2D eigenvalue weighted by Crippen LogP contribution is -2.31. The third kappa shape index (κ3) is 2.99. The average molecular weight is 273 g/mol. The molecule has 0 aliphatic rings. The van der Waals surface area contributed by atoms with Gasteiger partial charge >= 0.3 is 6.09 Å². The van der Waals surface area contributed by atoms with Gasteiger partial charge < -0.3 is 10.4 Å². The predicted octanol–water partition coefficient (Wildman–Crippen LogP) is 2.38. The monoisotopic (exact) mass is 273 g/mol. The van der Waals surface area contributed by atoms with Crippen molar-refractivity contribution in [1.29, 1.82) is 0 Å². The lowest BCUT2D eigenvalue weighted by atomic mass is 9.75. The van der Waals surface area contributed by atoms with Crippen LogP contribution in [0.25, 0.3) is 0 Å². The highest BCUT2D eigenvalue weighted by atomic mass is 16.4. The molecule has 0 fully saturated rings. The van der Waals surface area contributed by atoms with Crippen LogP contribution in [0.2, 0.25) is 0 Å².